The summed E-state index contributed by atoms with van der Waals surface area (Å²) in [5.41, 5.74) is 6.72. The van der Waals surface area contributed by atoms with E-state index < -0.39 is 10.0 Å². The Morgan fingerprint density at radius 2 is 2.19 bits per heavy atom. The maximum atomic E-state index is 12.3. The molecule has 0 aliphatic heterocycles. The van der Waals surface area contributed by atoms with Crippen LogP contribution in [0.5, 0.6) is 5.75 Å². The van der Waals surface area contributed by atoms with Crippen LogP contribution in [0.25, 0.3) is 0 Å². The second-order valence-electron chi connectivity index (χ2n) is 4.52. The molecule has 7 nitrogen and oxygen atoms in total. The van der Waals surface area contributed by atoms with Crippen molar-refractivity contribution in [3.63, 3.8) is 0 Å². The first kappa shape index (κ1) is 15.3. The molecule has 114 valence electrons. The summed E-state index contributed by atoms with van der Waals surface area (Å²) in [5, 5.41) is 3.96. The number of anilines is 1. The molecule has 8 heteroatoms. The van der Waals surface area contributed by atoms with Gasteiger partial charge in [0.2, 0.25) is 0 Å². The molecular weight excluding hydrogens is 292 g/mol. The average molecular weight is 310 g/mol. The molecule has 2 aromatic rings. The van der Waals surface area contributed by atoms with Crippen LogP contribution in [0.15, 0.2) is 35.5 Å². The lowest BCUT2D eigenvalue weighted by Gasteiger charge is -2.09. The maximum absolute atomic E-state index is 12.3. The lowest BCUT2D eigenvalue weighted by Crippen LogP contribution is -2.13. The molecule has 1 heterocycles. The highest BCUT2D eigenvalue weighted by Gasteiger charge is 2.17. The Kier molecular flexibility index (Phi) is 4.49. The second-order valence-corrected chi connectivity index (χ2v) is 6.20. The Morgan fingerprint density at radius 3 is 2.81 bits per heavy atom. The smallest absolute Gasteiger partial charge is 0.265 e. The van der Waals surface area contributed by atoms with Crippen molar-refractivity contribution in [3.8, 4) is 5.75 Å². The van der Waals surface area contributed by atoms with Gasteiger partial charge >= 0.3 is 0 Å². The highest BCUT2D eigenvalue weighted by Crippen LogP contribution is 2.23. The molecule has 0 spiro atoms. The number of methoxy groups -OCH3 is 1. The number of nitrogens with zero attached hydrogens (tertiary/aromatic N) is 2. The molecule has 0 unspecified atom stereocenters. The van der Waals surface area contributed by atoms with Crippen molar-refractivity contribution in [3.05, 3.63) is 36.2 Å². The van der Waals surface area contributed by atoms with Crippen LogP contribution < -0.4 is 15.2 Å². The van der Waals surface area contributed by atoms with Gasteiger partial charge in [0.05, 0.1) is 19.9 Å². The van der Waals surface area contributed by atoms with Crippen LogP contribution in [0.2, 0.25) is 0 Å². The molecule has 0 fully saturated rings. The van der Waals surface area contributed by atoms with E-state index in [4.69, 9.17) is 10.5 Å². The van der Waals surface area contributed by atoms with Gasteiger partial charge < -0.3 is 10.5 Å². The number of hydrogen-bond acceptors (Lipinski definition) is 5. The van der Waals surface area contributed by atoms with Gasteiger partial charge in [-0.2, -0.15) is 5.10 Å². The van der Waals surface area contributed by atoms with Crippen LogP contribution in [0.4, 0.5) is 5.69 Å². The fraction of sp³-hybridized carbons (Fsp3) is 0.308. The lowest BCUT2D eigenvalue weighted by atomic mass is 10.2. The van der Waals surface area contributed by atoms with Gasteiger partial charge in [-0.1, -0.05) is 0 Å². The van der Waals surface area contributed by atoms with Crippen molar-refractivity contribution >= 4 is 15.7 Å². The van der Waals surface area contributed by atoms with E-state index in [-0.39, 0.29) is 4.90 Å². The Hall–Kier alpha value is -2.06. The van der Waals surface area contributed by atoms with Crippen LogP contribution >= 0.6 is 0 Å². The zero-order chi connectivity index (χ0) is 15.5. The van der Waals surface area contributed by atoms with E-state index in [1.807, 2.05) is 6.92 Å². The summed E-state index contributed by atoms with van der Waals surface area (Å²) in [6.45, 7) is 2.71. The van der Waals surface area contributed by atoms with E-state index in [0.29, 0.717) is 24.5 Å². The van der Waals surface area contributed by atoms with Crippen molar-refractivity contribution in [2.24, 2.45) is 5.73 Å². The van der Waals surface area contributed by atoms with Crippen molar-refractivity contribution < 1.29 is 13.2 Å². The summed E-state index contributed by atoms with van der Waals surface area (Å²) in [6, 6.07) is 5.07. The molecule has 0 aliphatic rings. The van der Waals surface area contributed by atoms with Crippen molar-refractivity contribution in [1.29, 1.82) is 0 Å². The first-order valence-corrected chi connectivity index (χ1v) is 7.84. The van der Waals surface area contributed by atoms with Gasteiger partial charge in [-0.25, -0.2) is 8.42 Å². The second kappa shape index (κ2) is 6.15. The zero-order valence-corrected chi connectivity index (χ0v) is 12.7. The third kappa shape index (κ3) is 3.53. The van der Waals surface area contributed by atoms with Crippen LogP contribution in [0.1, 0.15) is 5.56 Å². The van der Waals surface area contributed by atoms with E-state index in [9.17, 15) is 8.42 Å². The largest absolute Gasteiger partial charge is 0.496 e. The minimum atomic E-state index is -3.66. The van der Waals surface area contributed by atoms with Gasteiger partial charge in [0.1, 0.15) is 10.6 Å². The first-order chi connectivity index (χ1) is 9.96. The first-order valence-electron chi connectivity index (χ1n) is 6.36. The summed E-state index contributed by atoms with van der Waals surface area (Å²) in [5.74, 6) is 0.703. The van der Waals surface area contributed by atoms with Gasteiger partial charge in [-0.3, -0.25) is 9.40 Å². The molecule has 3 N–H and O–H groups in total. The molecule has 0 saturated carbocycles. The highest BCUT2D eigenvalue weighted by atomic mass is 32.2. The van der Waals surface area contributed by atoms with E-state index in [0.717, 1.165) is 5.56 Å². The zero-order valence-electron chi connectivity index (χ0n) is 11.9. The molecule has 1 aromatic carbocycles. The predicted molar refractivity (Wildman–Crippen MR) is 79.8 cm³/mol. The van der Waals surface area contributed by atoms with Gasteiger partial charge in [-0.15, -0.1) is 0 Å². The number of nitrogens with two attached hydrogens (primary N) is 1. The van der Waals surface area contributed by atoms with Crippen LogP contribution in [-0.4, -0.2) is 31.9 Å². The number of ether oxygens (including phenoxy) is 1. The van der Waals surface area contributed by atoms with E-state index in [2.05, 4.69) is 9.82 Å². The minimum absolute atomic E-state index is 0.101. The molecule has 0 saturated heterocycles. The molecule has 0 bridgehead atoms. The van der Waals surface area contributed by atoms with Crippen LogP contribution in [0.3, 0.4) is 0 Å². The van der Waals surface area contributed by atoms with Crippen molar-refractivity contribution in [2.45, 2.75) is 18.4 Å². The molecular formula is C13H18N4O3S. The number of rotatable bonds is 6. The minimum Gasteiger partial charge on any atom is -0.496 e. The van der Waals surface area contributed by atoms with E-state index >= 15 is 0 Å². The van der Waals surface area contributed by atoms with Gasteiger partial charge in [0.25, 0.3) is 10.0 Å². The highest BCUT2D eigenvalue weighted by molar-refractivity contribution is 7.92. The Morgan fingerprint density at radius 1 is 1.43 bits per heavy atom. The Bertz CT molecular complexity index is 725. The molecule has 21 heavy (non-hydrogen) atoms. The standard InChI is InChI=1S/C13H18N4O3S/c1-10-7-11(3-4-13(10)20-2)16-21(18,19)12-8-15-17(9-12)6-5-14/h3-4,7-9,16H,5-6,14H2,1-2H3. The molecule has 0 atom stereocenters. The number of sulfonamides is 1. The number of benzene rings is 1. The molecule has 2 rings (SSSR count). The quantitative estimate of drug-likeness (QED) is 0.828. The van der Waals surface area contributed by atoms with Crippen molar-refractivity contribution in [1.82, 2.24) is 9.78 Å². The fourth-order valence-electron chi connectivity index (χ4n) is 1.89. The van der Waals surface area contributed by atoms with Crippen LogP contribution in [-0.2, 0) is 16.6 Å². The maximum Gasteiger partial charge on any atom is 0.265 e. The van der Waals surface area contributed by atoms with Gasteiger partial charge in [0, 0.05) is 18.4 Å². The van der Waals surface area contributed by atoms with E-state index in [1.165, 1.54) is 17.1 Å². The third-order valence-electron chi connectivity index (χ3n) is 2.93. The number of aromatic nitrogens is 2. The number of hydrogen-bond donors (Lipinski definition) is 2. The normalized spacial score (nSPS) is 11.4. The van der Waals surface area contributed by atoms with E-state index in [1.54, 1.807) is 25.3 Å². The Balaban J connectivity index is 2.22. The number of aryl methyl sites for hydroxylation is 1. The summed E-state index contributed by atoms with van der Waals surface area (Å²) >= 11 is 0. The fourth-order valence-corrected chi connectivity index (χ4v) is 2.90. The summed E-state index contributed by atoms with van der Waals surface area (Å²) in [7, 11) is -2.09. The summed E-state index contributed by atoms with van der Waals surface area (Å²) in [6.07, 6.45) is 2.75. The SMILES string of the molecule is COc1ccc(NS(=O)(=O)c2cnn(CCN)c2)cc1C. The monoisotopic (exact) mass is 310 g/mol. The van der Waals surface area contributed by atoms with Crippen molar-refractivity contribution in [2.75, 3.05) is 18.4 Å². The molecule has 0 aliphatic carbocycles. The predicted octanol–water partition coefficient (Wildman–Crippen LogP) is 0.960. The molecule has 1 aromatic heterocycles. The number of nitrogens with one attached hydrogen (secondary N) is 1. The topological polar surface area (TPSA) is 99.2 Å². The van der Waals surface area contributed by atoms with Crippen LogP contribution in [0, 0.1) is 6.92 Å². The summed E-state index contributed by atoms with van der Waals surface area (Å²) < 4.78 is 33.7. The Labute approximate surface area is 123 Å². The summed E-state index contributed by atoms with van der Waals surface area (Å²) in [4.78, 5) is 0.101. The van der Waals surface area contributed by atoms with Gasteiger partial charge in [-0.05, 0) is 30.7 Å². The van der Waals surface area contributed by atoms with Gasteiger partial charge in [0.15, 0.2) is 0 Å². The average Bonchev–Trinajstić information content (AvgIpc) is 2.88. The third-order valence-corrected chi connectivity index (χ3v) is 4.26. The molecule has 0 amide bonds. The molecule has 0 radical (unpaired) electrons. The lowest BCUT2D eigenvalue weighted by molar-refractivity contribution is 0.412.